The Labute approximate surface area is 186 Å². The number of anilines is 1. The number of hydrogen-bond acceptors (Lipinski definition) is 6. The molecule has 1 N–H and O–H groups in total. The molecule has 11 heteroatoms. The number of allylic oxidation sites excluding steroid dienone is 1. The van der Waals surface area contributed by atoms with Crippen LogP contribution in [0.2, 0.25) is 10.0 Å². The highest BCUT2D eigenvalue weighted by Gasteiger charge is 2.18. The average Bonchev–Trinajstić information content (AvgIpc) is 3.11. The first-order chi connectivity index (χ1) is 14.4. The van der Waals surface area contributed by atoms with Gasteiger partial charge in [0.2, 0.25) is 5.91 Å². The number of nitro benzene ring substituents is 1. The Balaban J connectivity index is 1.74. The Morgan fingerprint density at radius 3 is 2.70 bits per heavy atom. The lowest BCUT2D eigenvalue weighted by atomic mass is 10.2. The number of nitro groups is 1. The zero-order valence-electron chi connectivity index (χ0n) is 15.4. The van der Waals surface area contributed by atoms with E-state index in [1.54, 1.807) is 16.7 Å². The number of thioether (sulfide) groups is 1. The number of carbonyl (C=O) groups excluding carboxylic acids is 1. The molecule has 2 aromatic carbocycles. The zero-order valence-corrected chi connectivity index (χ0v) is 17.7. The van der Waals surface area contributed by atoms with Crippen molar-refractivity contribution in [1.82, 2.24) is 14.8 Å². The molecular weight excluding hydrogens is 449 g/mol. The molecule has 0 saturated carbocycles. The van der Waals surface area contributed by atoms with E-state index in [1.165, 1.54) is 30.0 Å². The molecule has 0 aliphatic carbocycles. The number of halogens is 2. The maximum absolute atomic E-state index is 12.3. The van der Waals surface area contributed by atoms with Gasteiger partial charge in [-0.2, -0.15) is 0 Å². The smallest absolute Gasteiger partial charge is 0.289 e. The second kappa shape index (κ2) is 9.75. The summed E-state index contributed by atoms with van der Waals surface area (Å²) in [6.07, 6.45) is 1.70. The predicted octanol–water partition coefficient (Wildman–Crippen LogP) is 5.08. The van der Waals surface area contributed by atoms with Crippen LogP contribution in [0.25, 0.3) is 11.4 Å². The monoisotopic (exact) mass is 463 g/mol. The quantitative estimate of drug-likeness (QED) is 0.216. The van der Waals surface area contributed by atoms with Crippen LogP contribution in [0.3, 0.4) is 0 Å². The van der Waals surface area contributed by atoms with Crippen molar-refractivity contribution >= 4 is 52.2 Å². The topological polar surface area (TPSA) is 103 Å². The molecule has 3 aromatic rings. The van der Waals surface area contributed by atoms with E-state index in [2.05, 4.69) is 22.1 Å². The molecule has 0 atom stereocenters. The molecule has 0 bridgehead atoms. The van der Waals surface area contributed by atoms with Crippen molar-refractivity contribution in [1.29, 1.82) is 0 Å². The summed E-state index contributed by atoms with van der Waals surface area (Å²) < 4.78 is 1.80. The molecule has 0 fully saturated rings. The minimum atomic E-state index is -0.610. The van der Waals surface area contributed by atoms with Gasteiger partial charge in [-0.25, -0.2) is 0 Å². The number of carbonyl (C=O) groups is 1. The predicted molar refractivity (Wildman–Crippen MR) is 118 cm³/mol. The molecule has 0 saturated heterocycles. The van der Waals surface area contributed by atoms with Crippen molar-refractivity contribution in [3.63, 3.8) is 0 Å². The molecule has 1 heterocycles. The van der Waals surface area contributed by atoms with Gasteiger partial charge in [-0.3, -0.25) is 19.5 Å². The molecule has 0 spiro atoms. The van der Waals surface area contributed by atoms with E-state index >= 15 is 0 Å². The summed E-state index contributed by atoms with van der Waals surface area (Å²) in [5, 5.41) is 23.0. The molecule has 154 valence electrons. The van der Waals surface area contributed by atoms with Gasteiger partial charge in [0.05, 0.1) is 15.7 Å². The fraction of sp³-hybridized carbons (Fsp3) is 0.105. The molecule has 1 amide bonds. The Kier molecular flexibility index (Phi) is 7.09. The van der Waals surface area contributed by atoms with Gasteiger partial charge in [-0.1, -0.05) is 53.2 Å². The fourth-order valence-electron chi connectivity index (χ4n) is 2.59. The standard InChI is InChI=1S/C19H15Cl2N5O3S/c1-2-9-25-18(13-5-3-4-6-14(13)20)23-24-19(25)30-11-17(27)22-12-7-8-15(21)16(10-12)26(28)29/h2-8,10H,1,9,11H2,(H,22,27). The van der Waals surface area contributed by atoms with E-state index in [0.29, 0.717) is 22.5 Å². The third-order valence-corrected chi connectivity index (χ3v) is 5.52. The Morgan fingerprint density at radius 1 is 1.23 bits per heavy atom. The molecule has 0 aliphatic heterocycles. The van der Waals surface area contributed by atoms with Crippen molar-refractivity contribution in [2.45, 2.75) is 11.7 Å². The second-order valence-corrected chi connectivity index (χ2v) is 7.70. The lowest BCUT2D eigenvalue weighted by Gasteiger charge is -2.09. The zero-order chi connectivity index (χ0) is 21.7. The summed E-state index contributed by atoms with van der Waals surface area (Å²) in [4.78, 5) is 22.7. The number of aromatic nitrogens is 3. The maximum atomic E-state index is 12.3. The SMILES string of the molecule is C=CCn1c(SCC(=O)Nc2ccc(Cl)c([N+](=O)[O-])c2)nnc1-c1ccccc1Cl. The number of nitrogens with one attached hydrogen (secondary N) is 1. The van der Waals surface area contributed by atoms with Gasteiger partial charge >= 0.3 is 0 Å². The molecule has 0 aliphatic rings. The van der Waals surface area contributed by atoms with Crippen LogP contribution in [-0.2, 0) is 11.3 Å². The molecule has 1 aromatic heterocycles. The lowest BCUT2D eigenvalue weighted by Crippen LogP contribution is -2.15. The van der Waals surface area contributed by atoms with Gasteiger partial charge in [-0.15, -0.1) is 16.8 Å². The van der Waals surface area contributed by atoms with Crippen LogP contribution in [0.4, 0.5) is 11.4 Å². The number of benzene rings is 2. The molecule has 30 heavy (non-hydrogen) atoms. The van der Waals surface area contributed by atoms with E-state index in [9.17, 15) is 14.9 Å². The van der Waals surface area contributed by atoms with Crippen molar-refractivity contribution < 1.29 is 9.72 Å². The van der Waals surface area contributed by atoms with Crippen molar-refractivity contribution in [2.75, 3.05) is 11.1 Å². The van der Waals surface area contributed by atoms with E-state index in [0.717, 1.165) is 5.56 Å². The number of hydrogen-bond donors (Lipinski definition) is 1. The summed E-state index contributed by atoms with van der Waals surface area (Å²) >= 11 is 13.2. The molecule has 8 nitrogen and oxygen atoms in total. The van der Waals surface area contributed by atoms with Gasteiger partial charge in [0.25, 0.3) is 5.69 Å². The fourth-order valence-corrected chi connectivity index (χ4v) is 3.74. The summed E-state index contributed by atoms with van der Waals surface area (Å²) in [6.45, 7) is 4.18. The van der Waals surface area contributed by atoms with Crippen molar-refractivity contribution in [3.05, 3.63) is 75.3 Å². The Hall–Kier alpha value is -2.88. The third kappa shape index (κ3) is 4.99. The van der Waals surface area contributed by atoms with Crippen LogP contribution < -0.4 is 5.32 Å². The van der Waals surface area contributed by atoms with Crippen LogP contribution in [0.5, 0.6) is 0 Å². The first-order valence-electron chi connectivity index (χ1n) is 8.56. The molecule has 3 rings (SSSR count). The van der Waals surface area contributed by atoms with Gasteiger partial charge in [-0.05, 0) is 24.3 Å². The van der Waals surface area contributed by atoms with E-state index in [1.807, 2.05) is 18.2 Å². The van der Waals surface area contributed by atoms with Gasteiger partial charge in [0.15, 0.2) is 11.0 Å². The van der Waals surface area contributed by atoms with Crippen LogP contribution in [0.15, 0.2) is 60.3 Å². The van der Waals surface area contributed by atoms with E-state index in [4.69, 9.17) is 23.2 Å². The van der Waals surface area contributed by atoms with E-state index < -0.39 is 4.92 Å². The van der Waals surface area contributed by atoms with Crippen molar-refractivity contribution in [2.24, 2.45) is 0 Å². The average molecular weight is 464 g/mol. The van der Waals surface area contributed by atoms with Crippen LogP contribution >= 0.6 is 35.0 Å². The number of nitrogens with zero attached hydrogens (tertiary/aromatic N) is 4. The van der Waals surface area contributed by atoms with E-state index in [-0.39, 0.29) is 28.1 Å². The minimum Gasteiger partial charge on any atom is -0.325 e. The van der Waals surface area contributed by atoms with Gasteiger partial charge in [0, 0.05) is 23.9 Å². The summed E-state index contributed by atoms with van der Waals surface area (Å²) in [5.74, 6) is 0.231. The highest BCUT2D eigenvalue weighted by molar-refractivity contribution is 7.99. The molecule has 0 unspecified atom stereocenters. The lowest BCUT2D eigenvalue weighted by molar-refractivity contribution is -0.384. The van der Waals surface area contributed by atoms with Gasteiger partial charge < -0.3 is 5.32 Å². The first-order valence-corrected chi connectivity index (χ1v) is 10.3. The minimum absolute atomic E-state index is 0.00278. The second-order valence-electron chi connectivity index (χ2n) is 5.95. The molecule has 0 radical (unpaired) electrons. The highest BCUT2D eigenvalue weighted by atomic mass is 35.5. The van der Waals surface area contributed by atoms with Crippen LogP contribution in [-0.4, -0.2) is 31.3 Å². The first kappa shape index (κ1) is 21.8. The number of amides is 1. The Morgan fingerprint density at radius 2 is 2.00 bits per heavy atom. The largest absolute Gasteiger partial charge is 0.325 e. The third-order valence-electron chi connectivity index (χ3n) is 3.90. The van der Waals surface area contributed by atoms with Crippen LogP contribution in [0.1, 0.15) is 0 Å². The van der Waals surface area contributed by atoms with Crippen molar-refractivity contribution in [3.8, 4) is 11.4 Å². The molecular formula is C19H15Cl2N5O3S. The summed E-state index contributed by atoms with van der Waals surface area (Å²) in [5.41, 5.74) is 0.719. The Bertz CT molecular complexity index is 1120. The summed E-state index contributed by atoms with van der Waals surface area (Å²) in [7, 11) is 0. The highest BCUT2D eigenvalue weighted by Crippen LogP contribution is 2.30. The van der Waals surface area contributed by atoms with Gasteiger partial charge in [0.1, 0.15) is 5.02 Å². The maximum Gasteiger partial charge on any atom is 0.289 e. The normalized spacial score (nSPS) is 10.6. The number of rotatable bonds is 8. The summed E-state index contributed by atoms with van der Waals surface area (Å²) in [6, 6.07) is 11.3. The van der Waals surface area contributed by atoms with Crippen LogP contribution in [0, 0.1) is 10.1 Å².